The Morgan fingerprint density at radius 2 is 2.05 bits per heavy atom. The molecule has 1 aromatic heterocycles. The Kier molecular flexibility index (Phi) is 5.33. The van der Waals surface area contributed by atoms with Gasteiger partial charge in [-0.3, -0.25) is 9.59 Å². The number of carbonyl (C=O) groups is 1. The molecule has 6 nitrogen and oxygen atoms in total. The van der Waals surface area contributed by atoms with Crippen molar-refractivity contribution in [3.63, 3.8) is 0 Å². The first-order chi connectivity index (χ1) is 9.61. The van der Waals surface area contributed by atoms with Gasteiger partial charge in [0.1, 0.15) is 0 Å². The van der Waals surface area contributed by atoms with Crippen molar-refractivity contribution < 1.29 is 17.9 Å². The molecule has 0 aliphatic rings. The van der Waals surface area contributed by atoms with Crippen molar-refractivity contribution in [3.05, 3.63) is 34.2 Å². The third-order valence-corrected chi connectivity index (χ3v) is 5.51. The van der Waals surface area contributed by atoms with Crippen molar-refractivity contribution in [2.45, 2.75) is 38.5 Å². The van der Waals surface area contributed by atoms with E-state index in [2.05, 4.69) is 0 Å². The van der Waals surface area contributed by atoms with Crippen molar-refractivity contribution in [2.75, 3.05) is 12.9 Å². The number of hydrogen-bond acceptors (Lipinski definition) is 5. The lowest BCUT2D eigenvalue weighted by molar-refractivity contribution is -0.146. The van der Waals surface area contributed by atoms with Gasteiger partial charge in [0.25, 0.3) is 5.56 Å². The lowest BCUT2D eigenvalue weighted by Gasteiger charge is -2.25. The minimum Gasteiger partial charge on any atom is -0.465 e. The number of sulfone groups is 1. The second-order valence-corrected chi connectivity index (χ2v) is 7.65. The van der Waals surface area contributed by atoms with E-state index in [0.29, 0.717) is 0 Å². The monoisotopic (exact) mass is 315 g/mol. The highest BCUT2D eigenvalue weighted by atomic mass is 32.2. The highest BCUT2D eigenvalue weighted by Crippen LogP contribution is 2.23. The van der Waals surface area contributed by atoms with Gasteiger partial charge in [-0.1, -0.05) is 0 Å². The minimum absolute atomic E-state index is 0.0202. The van der Waals surface area contributed by atoms with Gasteiger partial charge < -0.3 is 9.30 Å². The van der Waals surface area contributed by atoms with Crippen LogP contribution in [0.1, 0.15) is 25.8 Å². The number of ether oxygens (including phenoxy) is 1. The van der Waals surface area contributed by atoms with Crippen LogP contribution in [0.25, 0.3) is 0 Å². The van der Waals surface area contributed by atoms with Crippen LogP contribution in [0.4, 0.5) is 0 Å². The standard InChI is InChI=1S/C14H21NO5S/c1-5-20-13(17)14(3,21(4,18)19)7-9-15-8-6-11(2)10-12(15)16/h6,8,10H,5,7,9H2,1-4H3/t14-/m1/s1. The Balaban J connectivity index is 3.04. The minimum atomic E-state index is -3.67. The number of aryl methyl sites for hydroxylation is 2. The highest BCUT2D eigenvalue weighted by molar-refractivity contribution is 7.92. The summed E-state index contributed by atoms with van der Waals surface area (Å²) in [5.41, 5.74) is 0.599. The van der Waals surface area contributed by atoms with Gasteiger partial charge in [0, 0.05) is 25.1 Å². The summed E-state index contributed by atoms with van der Waals surface area (Å²) in [5, 5.41) is 0. The summed E-state index contributed by atoms with van der Waals surface area (Å²) in [7, 11) is -3.67. The molecule has 0 unspecified atom stereocenters. The molecule has 0 amide bonds. The normalized spacial score (nSPS) is 14.5. The average molecular weight is 315 g/mol. The Labute approximate surface area is 124 Å². The number of aromatic nitrogens is 1. The fraction of sp³-hybridized carbons (Fsp3) is 0.571. The molecule has 1 rings (SSSR count). The van der Waals surface area contributed by atoms with E-state index in [-0.39, 0.29) is 25.1 Å². The Morgan fingerprint density at radius 1 is 1.43 bits per heavy atom. The van der Waals surface area contributed by atoms with Crippen LogP contribution in [0, 0.1) is 6.92 Å². The molecule has 7 heteroatoms. The third kappa shape index (κ3) is 3.93. The molecule has 0 spiro atoms. The molecular formula is C14H21NO5S. The van der Waals surface area contributed by atoms with Crippen LogP contribution in [0.15, 0.2) is 23.1 Å². The molecule has 0 aliphatic carbocycles. The molecule has 1 atom stereocenters. The van der Waals surface area contributed by atoms with Gasteiger partial charge in [-0.2, -0.15) is 0 Å². The predicted octanol–water partition coefficient (Wildman–Crippen LogP) is 0.913. The fourth-order valence-electron chi connectivity index (χ4n) is 1.85. The summed E-state index contributed by atoms with van der Waals surface area (Å²) in [6.07, 6.45) is 2.57. The molecule has 1 heterocycles. The van der Waals surface area contributed by atoms with E-state index in [1.165, 1.54) is 17.6 Å². The summed E-state index contributed by atoms with van der Waals surface area (Å²) in [5.74, 6) is -0.785. The molecule has 0 aliphatic heterocycles. The Hall–Kier alpha value is -1.63. The summed E-state index contributed by atoms with van der Waals surface area (Å²) in [6.45, 7) is 4.98. The molecule has 0 N–H and O–H groups in total. The summed E-state index contributed by atoms with van der Waals surface area (Å²) in [4.78, 5) is 23.8. The van der Waals surface area contributed by atoms with Crippen LogP contribution < -0.4 is 5.56 Å². The maximum atomic E-state index is 12.0. The van der Waals surface area contributed by atoms with Gasteiger partial charge in [0.15, 0.2) is 14.6 Å². The zero-order valence-corrected chi connectivity index (χ0v) is 13.6. The first-order valence-electron chi connectivity index (χ1n) is 6.65. The smallest absolute Gasteiger partial charge is 0.327 e. The SMILES string of the molecule is CCOC(=O)[C@@](C)(CCn1ccc(C)cc1=O)S(C)(=O)=O. The van der Waals surface area contributed by atoms with E-state index < -0.39 is 20.6 Å². The molecule has 21 heavy (non-hydrogen) atoms. The zero-order chi connectivity index (χ0) is 16.3. The number of carbonyl (C=O) groups excluding carboxylic acids is 1. The number of rotatable bonds is 6. The van der Waals surface area contributed by atoms with Crippen LogP contribution in [0.5, 0.6) is 0 Å². The summed E-state index contributed by atoms with van der Waals surface area (Å²) >= 11 is 0. The van der Waals surface area contributed by atoms with E-state index >= 15 is 0 Å². The van der Waals surface area contributed by atoms with Crippen LogP contribution in [-0.4, -0.2) is 36.6 Å². The van der Waals surface area contributed by atoms with Gasteiger partial charge in [-0.05, 0) is 38.8 Å². The highest BCUT2D eigenvalue weighted by Gasteiger charge is 2.44. The van der Waals surface area contributed by atoms with Crippen molar-refractivity contribution in [3.8, 4) is 0 Å². The second kappa shape index (κ2) is 6.43. The van der Waals surface area contributed by atoms with Gasteiger partial charge in [-0.25, -0.2) is 8.42 Å². The number of nitrogens with zero attached hydrogens (tertiary/aromatic N) is 1. The van der Waals surface area contributed by atoms with Crippen LogP contribution >= 0.6 is 0 Å². The largest absolute Gasteiger partial charge is 0.465 e. The number of pyridine rings is 1. The van der Waals surface area contributed by atoms with E-state index in [9.17, 15) is 18.0 Å². The molecule has 118 valence electrons. The van der Waals surface area contributed by atoms with Gasteiger partial charge in [-0.15, -0.1) is 0 Å². The van der Waals surface area contributed by atoms with Gasteiger partial charge in [0.2, 0.25) is 0 Å². The lowest BCUT2D eigenvalue weighted by atomic mass is 10.1. The first kappa shape index (κ1) is 17.4. The Bertz CT molecular complexity index is 677. The van der Waals surface area contributed by atoms with Crippen molar-refractivity contribution >= 4 is 15.8 Å². The lowest BCUT2D eigenvalue weighted by Crippen LogP contribution is -2.45. The maximum Gasteiger partial charge on any atom is 0.327 e. The zero-order valence-electron chi connectivity index (χ0n) is 12.8. The molecule has 0 fully saturated rings. The van der Waals surface area contributed by atoms with E-state index in [4.69, 9.17) is 4.74 Å². The summed E-state index contributed by atoms with van der Waals surface area (Å²) < 4.78 is 28.5. The summed E-state index contributed by atoms with van der Waals surface area (Å²) in [6, 6.07) is 3.21. The topological polar surface area (TPSA) is 82.4 Å². The Morgan fingerprint density at radius 3 is 2.52 bits per heavy atom. The molecule has 0 radical (unpaired) electrons. The van der Waals surface area contributed by atoms with E-state index in [1.54, 1.807) is 26.1 Å². The van der Waals surface area contributed by atoms with Crippen molar-refractivity contribution in [1.29, 1.82) is 0 Å². The second-order valence-electron chi connectivity index (χ2n) is 5.21. The predicted molar refractivity (Wildman–Crippen MR) is 79.9 cm³/mol. The number of esters is 1. The number of hydrogen-bond donors (Lipinski definition) is 0. The molecular weight excluding hydrogens is 294 g/mol. The van der Waals surface area contributed by atoms with Crippen LogP contribution in [-0.2, 0) is 25.9 Å². The molecule has 0 aromatic carbocycles. The van der Waals surface area contributed by atoms with Gasteiger partial charge >= 0.3 is 5.97 Å². The van der Waals surface area contributed by atoms with E-state index in [1.807, 2.05) is 0 Å². The first-order valence-corrected chi connectivity index (χ1v) is 8.55. The molecule has 0 saturated carbocycles. The van der Waals surface area contributed by atoms with Crippen molar-refractivity contribution in [2.24, 2.45) is 0 Å². The quantitative estimate of drug-likeness (QED) is 0.729. The molecule has 0 bridgehead atoms. The average Bonchev–Trinajstić information content (AvgIpc) is 2.36. The van der Waals surface area contributed by atoms with Gasteiger partial charge in [0.05, 0.1) is 6.61 Å². The maximum absolute atomic E-state index is 12.0. The molecule has 1 aromatic rings. The fourth-order valence-corrected chi connectivity index (χ4v) is 2.67. The van der Waals surface area contributed by atoms with E-state index in [0.717, 1.165) is 11.8 Å². The van der Waals surface area contributed by atoms with Crippen LogP contribution in [0.3, 0.4) is 0 Å². The molecule has 0 saturated heterocycles. The third-order valence-electron chi connectivity index (χ3n) is 3.51. The van der Waals surface area contributed by atoms with Crippen molar-refractivity contribution in [1.82, 2.24) is 4.57 Å². The van der Waals surface area contributed by atoms with Crippen LogP contribution in [0.2, 0.25) is 0 Å².